The summed E-state index contributed by atoms with van der Waals surface area (Å²) < 4.78 is 0. The van der Waals surface area contributed by atoms with E-state index in [4.69, 9.17) is 0 Å². The average molecular weight is 172 g/mol. The molecule has 0 amide bonds. The Labute approximate surface area is 77.5 Å². The predicted octanol–water partition coefficient (Wildman–Crippen LogP) is 2.02. The fourth-order valence-electron chi connectivity index (χ4n) is 1.94. The Bertz CT molecular complexity index is 112. The molecule has 0 spiro atoms. The van der Waals surface area contributed by atoms with Gasteiger partial charge in [0.15, 0.2) is 0 Å². The molecule has 2 heteroatoms. The Kier molecular flexibility index (Phi) is 5.51. The maximum absolute atomic E-state index is 2.58. The quantitative estimate of drug-likeness (QED) is 0.642. The van der Waals surface area contributed by atoms with E-state index in [9.17, 15) is 0 Å². The molecule has 0 saturated carbocycles. The third kappa shape index (κ3) is 2.76. The van der Waals surface area contributed by atoms with Crippen LogP contribution in [0.15, 0.2) is 0 Å². The van der Waals surface area contributed by atoms with Gasteiger partial charge < -0.3 is 0 Å². The lowest BCUT2D eigenvalue weighted by Crippen LogP contribution is -2.40. The molecule has 0 radical (unpaired) electrons. The Balaban J connectivity index is 0.00000121. The SMILES string of the molecule is C.CCCN1CCCC1N(C)C. The fourth-order valence-corrected chi connectivity index (χ4v) is 1.94. The second kappa shape index (κ2) is 5.55. The van der Waals surface area contributed by atoms with E-state index in [0.29, 0.717) is 0 Å². The summed E-state index contributed by atoms with van der Waals surface area (Å²) in [6.45, 7) is 4.82. The van der Waals surface area contributed by atoms with Crippen LogP contribution in [0.4, 0.5) is 0 Å². The number of likely N-dealkylation sites (tertiary alicyclic amines) is 1. The van der Waals surface area contributed by atoms with Crippen LogP contribution in [0.3, 0.4) is 0 Å². The summed E-state index contributed by atoms with van der Waals surface area (Å²) in [6, 6.07) is 0. The van der Waals surface area contributed by atoms with Gasteiger partial charge in [0.2, 0.25) is 0 Å². The van der Waals surface area contributed by atoms with Crippen molar-refractivity contribution in [2.75, 3.05) is 27.2 Å². The van der Waals surface area contributed by atoms with Crippen molar-refractivity contribution in [2.24, 2.45) is 0 Å². The van der Waals surface area contributed by atoms with Gasteiger partial charge in [0, 0.05) is 0 Å². The third-order valence-corrected chi connectivity index (χ3v) is 2.44. The van der Waals surface area contributed by atoms with Crippen LogP contribution in [-0.2, 0) is 0 Å². The van der Waals surface area contributed by atoms with Crippen LogP contribution < -0.4 is 0 Å². The van der Waals surface area contributed by atoms with Crippen molar-refractivity contribution in [1.29, 1.82) is 0 Å². The first-order valence-electron chi connectivity index (χ1n) is 4.66. The van der Waals surface area contributed by atoms with Crippen molar-refractivity contribution in [3.8, 4) is 0 Å². The van der Waals surface area contributed by atoms with Crippen LogP contribution >= 0.6 is 0 Å². The molecule has 1 heterocycles. The van der Waals surface area contributed by atoms with Gasteiger partial charge in [-0.1, -0.05) is 14.4 Å². The van der Waals surface area contributed by atoms with Gasteiger partial charge in [0.25, 0.3) is 0 Å². The molecule has 0 aliphatic carbocycles. The molecule has 1 unspecified atom stereocenters. The lowest BCUT2D eigenvalue weighted by molar-refractivity contribution is 0.120. The van der Waals surface area contributed by atoms with E-state index >= 15 is 0 Å². The van der Waals surface area contributed by atoms with Gasteiger partial charge >= 0.3 is 0 Å². The number of hydrogen-bond donors (Lipinski definition) is 0. The summed E-state index contributed by atoms with van der Waals surface area (Å²) >= 11 is 0. The van der Waals surface area contributed by atoms with Gasteiger partial charge in [-0.25, -0.2) is 0 Å². The number of nitrogens with zero attached hydrogens (tertiary/aromatic N) is 2. The summed E-state index contributed by atoms with van der Waals surface area (Å²) in [5, 5.41) is 0. The van der Waals surface area contributed by atoms with Crippen LogP contribution in [-0.4, -0.2) is 43.2 Å². The zero-order valence-corrected chi connectivity index (χ0v) is 8.01. The summed E-state index contributed by atoms with van der Waals surface area (Å²) in [6.07, 6.45) is 4.73. The number of hydrogen-bond acceptors (Lipinski definition) is 2. The van der Waals surface area contributed by atoms with Crippen molar-refractivity contribution >= 4 is 0 Å². The van der Waals surface area contributed by atoms with Crippen LogP contribution in [0.25, 0.3) is 0 Å². The molecule has 0 aromatic carbocycles. The van der Waals surface area contributed by atoms with E-state index in [1.54, 1.807) is 0 Å². The van der Waals surface area contributed by atoms with Gasteiger partial charge in [-0.2, -0.15) is 0 Å². The molecule has 1 aliphatic rings. The van der Waals surface area contributed by atoms with Gasteiger partial charge in [-0.15, -0.1) is 0 Å². The molecule has 2 nitrogen and oxygen atoms in total. The highest BCUT2D eigenvalue weighted by Crippen LogP contribution is 2.18. The summed E-state index contributed by atoms with van der Waals surface area (Å²) in [5.74, 6) is 0. The van der Waals surface area contributed by atoms with E-state index in [0.717, 1.165) is 6.17 Å². The van der Waals surface area contributed by atoms with Crippen LogP contribution in [0.5, 0.6) is 0 Å². The summed E-state index contributed by atoms with van der Waals surface area (Å²) in [5.41, 5.74) is 0. The molecule has 0 aromatic rings. The predicted molar refractivity (Wildman–Crippen MR) is 55.3 cm³/mol. The number of rotatable bonds is 3. The van der Waals surface area contributed by atoms with E-state index in [1.165, 1.54) is 32.4 Å². The molecule has 74 valence electrons. The highest BCUT2D eigenvalue weighted by Gasteiger charge is 2.24. The van der Waals surface area contributed by atoms with Gasteiger partial charge in [-0.05, 0) is 46.4 Å². The molecule has 0 aromatic heterocycles. The first-order valence-corrected chi connectivity index (χ1v) is 4.66. The van der Waals surface area contributed by atoms with E-state index in [2.05, 4.69) is 30.8 Å². The summed E-state index contributed by atoms with van der Waals surface area (Å²) in [7, 11) is 4.36. The van der Waals surface area contributed by atoms with Gasteiger partial charge in [0.1, 0.15) is 0 Å². The summed E-state index contributed by atoms with van der Waals surface area (Å²) in [4.78, 5) is 4.92. The molecular weight excluding hydrogens is 148 g/mol. The minimum Gasteiger partial charge on any atom is -0.294 e. The first kappa shape index (κ1) is 11.9. The van der Waals surface area contributed by atoms with Crippen molar-refractivity contribution in [2.45, 2.75) is 39.8 Å². The second-order valence-corrected chi connectivity index (χ2v) is 3.62. The molecule has 1 rings (SSSR count). The van der Waals surface area contributed by atoms with E-state index in [-0.39, 0.29) is 7.43 Å². The third-order valence-electron chi connectivity index (χ3n) is 2.44. The highest BCUT2D eigenvalue weighted by molar-refractivity contribution is 4.76. The zero-order valence-electron chi connectivity index (χ0n) is 8.01. The van der Waals surface area contributed by atoms with Crippen molar-refractivity contribution in [1.82, 2.24) is 9.80 Å². The van der Waals surface area contributed by atoms with Crippen LogP contribution in [0.2, 0.25) is 0 Å². The Morgan fingerprint density at radius 1 is 1.42 bits per heavy atom. The fraction of sp³-hybridized carbons (Fsp3) is 1.00. The van der Waals surface area contributed by atoms with E-state index < -0.39 is 0 Å². The van der Waals surface area contributed by atoms with E-state index in [1.807, 2.05) is 0 Å². The Morgan fingerprint density at radius 2 is 2.08 bits per heavy atom. The minimum atomic E-state index is 0. The molecule has 0 bridgehead atoms. The molecular formula is C10H24N2. The lowest BCUT2D eigenvalue weighted by atomic mass is 10.3. The molecule has 1 aliphatic heterocycles. The zero-order chi connectivity index (χ0) is 8.27. The van der Waals surface area contributed by atoms with Crippen molar-refractivity contribution < 1.29 is 0 Å². The molecule has 12 heavy (non-hydrogen) atoms. The molecule has 0 N–H and O–H groups in total. The Morgan fingerprint density at radius 3 is 2.58 bits per heavy atom. The second-order valence-electron chi connectivity index (χ2n) is 3.62. The van der Waals surface area contributed by atoms with Crippen molar-refractivity contribution in [3.05, 3.63) is 0 Å². The topological polar surface area (TPSA) is 6.48 Å². The average Bonchev–Trinajstić information content (AvgIpc) is 2.36. The van der Waals surface area contributed by atoms with Gasteiger partial charge in [0.05, 0.1) is 6.17 Å². The smallest absolute Gasteiger partial charge is 0.0617 e. The maximum atomic E-state index is 2.58. The Hall–Kier alpha value is -0.0800. The van der Waals surface area contributed by atoms with Gasteiger partial charge in [-0.3, -0.25) is 9.80 Å². The maximum Gasteiger partial charge on any atom is 0.0617 e. The molecule has 1 fully saturated rings. The largest absolute Gasteiger partial charge is 0.294 e. The lowest BCUT2D eigenvalue weighted by Gasteiger charge is -2.29. The normalized spacial score (nSPS) is 24.5. The first-order chi connectivity index (χ1) is 5.25. The molecule has 1 saturated heterocycles. The monoisotopic (exact) mass is 172 g/mol. The molecule has 1 atom stereocenters. The van der Waals surface area contributed by atoms with Crippen molar-refractivity contribution in [3.63, 3.8) is 0 Å². The highest BCUT2D eigenvalue weighted by atomic mass is 15.3. The minimum absolute atomic E-state index is 0. The van der Waals surface area contributed by atoms with Crippen LogP contribution in [0.1, 0.15) is 33.6 Å². The van der Waals surface area contributed by atoms with Crippen LogP contribution in [0, 0.1) is 0 Å². The standard InChI is InChI=1S/C9H20N2.CH4/c1-4-7-11-8-5-6-9(11)10(2)3;/h9H,4-8H2,1-3H3;1H4.